The summed E-state index contributed by atoms with van der Waals surface area (Å²) in [5.41, 5.74) is 1.33. The number of hydrogen-bond acceptors (Lipinski definition) is 4. The van der Waals surface area contributed by atoms with Crippen molar-refractivity contribution in [2.45, 2.75) is 19.9 Å². The van der Waals surface area contributed by atoms with E-state index in [1.54, 1.807) is 50.4 Å². The van der Waals surface area contributed by atoms with Crippen LogP contribution in [0.15, 0.2) is 77.4 Å². The first-order valence-electron chi connectivity index (χ1n) is 10.5. The molecule has 1 heterocycles. The van der Waals surface area contributed by atoms with Gasteiger partial charge in [-0.1, -0.05) is 37.3 Å². The largest absolute Gasteiger partial charge is 0.489 e. The fourth-order valence-corrected chi connectivity index (χ4v) is 3.21. The van der Waals surface area contributed by atoms with Gasteiger partial charge in [0.25, 0.3) is 5.91 Å². The van der Waals surface area contributed by atoms with Crippen LogP contribution in [0.25, 0.3) is 11.3 Å². The summed E-state index contributed by atoms with van der Waals surface area (Å²) < 4.78 is 25.6. The molecular weight excluding hydrogens is 425 g/mol. The van der Waals surface area contributed by atoms with Gasteiger partial charge in [-0.2, -0.15) is 0 Å². The molecule has 0 aliphatic rings. The van der Waals surface area contributed by atoms with Gasteiger partial charge in [-0.3, -0.25) is 9.59 Å². The first kappa shape index (κ1) is 23.8. The number of nitrogens with zero attached hydrogens (tertiary/aromatic N) is 1. The maximum atomic E-state index is 14.5. The molecule has 1 unspecified atom stereocenters. The number of carboxylic acid groups (broad SMARTS) is 1. The van der Waals surface area contributed by atoms with E-state index < -0.39 is 17.7 Å². The molecule has 6 nitrogen and oxygen atoms in total. The van der Waals surface area contributed by atoms with Crippen molar-refractivity contribution in [1.82, 2.24) is 4.90 Å². The number of ether oxygens (including phenoxy) is 1. The van der Waals surface area contributed by atoms with Crippen molar-refractivity contribution in [2.24, 2.45) is 5.92 Å². The highest BCUT2D eigenvalue weighted by Gasteiger charge is 2.17. The van der Waals surface area contributed by atoms with Gasteiger partial charge in [-0.25, -0.2) is 4.39 Å². The van der Waals surface area contributed by atoms with E-state index in [-0.39, 0.29) is 24.6 Å². The van der Waals surface area contributed by atoms with Crippen LogP contribution < -0.4 is 4.74 Å². The Morgan fingerprint density at radius 1 is 1.15 bits per heavy atom. The number of furan rings is 1. The summed E-state index contributed by atoms with van der Waals surface area (Å²) in [6.07, 6.45) is 5.44. The van der Waals surface area contributed by atoms with E-state index in [4.69, 9.17) is 14.3 Å². The van der Waals surface area contributed by atoms with Gasteiger partial charge < -0.3 is 19.2 Å². The molecule has 3 rings (SSSR count). The lowest BCUT2D eigenvalue weighted by Crippen LogP contribution is -2.26. The smallest absolute Gasteiger partial charge is 0.306 e. The number of benzene rings is 2. The number of allylic oxidation sites excluding steroid dienone is 1. The number of carboxylic acids is 1. The summed E-state index contributed by atoms with van der Waals surface area (Å²) in [5, 5.41) is 8.91. The van der Waals surface area contributed by atoms with Gasteiger partial charge in [0, 0.05) is 24.7 Å². The zero-order valence-corrected chi connectivity index (χ0v) is 18.5. The van der Waals surface area contributed by atoms with E-state index in [1.165, 1.54) is 23.3 Å². The van der Waals surface area contributed by atoms with E-state index in [0.717, 1.165) is 5.56 Å². The number of carbonyl (C=O) groups is 2. The lowest BCUT2D eigenvalue weighted by Gasteiger charge is -2.19. The second kappa shape index (κ2) is 11.1. The Balaban J connectivity index is 1.62. The van der Waals surface area contributed by atoms with Gasteiger partial charge in [0.05, 0.1) is 17.7 Å². The van der Waals surface area contributed by atoms with E-state index in [0.29, 0.717) is 23.5 Å². The van der Waals surface area contributed by atoms with Gasteiger partial charge in [0.15, 0.2) is 0 Å². The molecule has 0 saturated carbocycles. The van der Waals surface area contributed by atoms with E-state index >= 15 is 0 Å². The molecule has 1 N–H and O–H groups in total. The number of aliphatic carboxylic acids is 1. The van der Waals surface area contributed by atoms with Crippen molar-refractivity contribution in [3.63, 3.8) is 0 Å². The highest BCUT2D eigenvalue weighted by Crippen LogP contribution is 2.25. The van der Waals surface area contributed by atoms with Crippen molar-refractivity contribution in [3.05, 3.63) is 90.0 Å². The molecule has 172 valence electrons. The highest BCUT2D eigenvalue weighted by atomic mass is 19.1. The van der Waals surface area contributed by atoms with E-state index in [2.05, 4.69) is 0 Å². The fraction of sp³-hybridized carbons (Fsp3) is 0.231. The molecule has 33 heavy (non-hydrogen) atoms. The monoisotopic (exact) mass is 451 g/mol. The highest BCUT2D eigenvalue weighted by molar-refractivity contribution is 5.94. The molecule has 0 saturated heterocycles. The zero-order chi connectivity index (χ0) is 23.8. The molecule has 0 aliphatic carbocycles. The van der Waals surface area contributed by atoms with Crippen molar-refractivity contribution < 1.29 is 28.2 Å². The summed E-state index contributed by atoms with van der Waals surface area (Å²) in [6, 6.07) is 15.0. The van der Waals surface area contributed by atoms with Crippen LogP contribution in [-0.2, 0) is 11.3 Å². The van der Waals surface area contributed by atoms with Crippen molar-refractivity contribution in [1.29, 1.82) is 0 Å². The SMILES string of the molecule is CC(CC=CCOc1ccccc1CN(C)C(=O)c1ccc(-c2ccco2)c(F)c1)C(=O)O. The topological polar surface area (TPSA) is 80.0 Å². The maximum Gasteiger partial charge on any atom is 0.306 e. The normalized spacial score (nSPS) is 12.0. The van der Waals surface area contributed by atoms with Crippen LogP contribution in [-0.4, -0.2) is 35.5 Å². The first-order chi connectivity index (χ1) is 15.9. The van der Waals surface area contributed by atoms with E-state index in [9.17, 15) is 14.0 Å². The van der Waals surface area contributed by atoms with Gasteiger partial charge >= 0.3 is 5.97 Å². The Morgan fingerprint density at radius 2 is 1.94 bits per heavy atom. The molecule has 7 heteroatoms. The summed E-state index contributed by atoms with van der Waals surface area (Å²) in [5.74, 6) is -1.13. The number of amides is 1. The van der Waals surface area contributed by atoms with E-state index in [1.807, 2.05) is 18.2 Å². The molecule has 1 aromatic heterocycles. The molecule has 0 aliphatic heterocycles. The molecule has 2 aromatic carbocycles. The molecule has 0 fully saturated rings. The van der Waals surface area contributed by atoms with Crippen molar-refractivity contribution in [2.75, 3.05) is 13.7 Å². The van der Waals surface area contributed by atoms with Gasteiger partial charge in [-0.15, -0.1) is 0 Å². The summed E-state index contributed by atoms with van der Waals surface area (Å²) >= 11 is 0. The second-order valence-electron chi connectivity index (χ2n) is 7.70. The Labute approximate surface area is 191 Å². The van der Waals surface area contributed by atoms with Crippen LogP contribution >= 0.6 is 0 Å². The van der Waals surface area contributed by atoms with Gasteiger partial charge in [0.1, 0.15) is 23.9 Å². The van der Waals surface area contributed by atoms with Crippen LogP contribution in [0.4, 0.5) is 4.39 Å². The molecule has 0 spiro atoms. The second-order valence-corrected chi connectivity index (χ2v) is 7.70. The number of hydrogen-bond donors (Lipinski definition) is 1. The molecule has 1 amide bonds. The summed E-state index contributed by atoms with van der Waals surface area (Å²) in [4.78, 5) is 25.2. The fourth-order valence-electron chi connectivity index (χ4n) is 3.21. The zero-order valence-electron chi connectivity index (χ0n) is 18.5. The lowest BCUT2D eigenvalue weighted by molar-refractivity contribution is -0.140. The molecular formula is C26H26FNO5. The van der Waals surface area contributed by atoms with Crippen LogP contribution in [0.1, 0.15) is 29.3 Å². The van der Waals surface area contributed by atoms with Gasteiger partial charge in [-0.05, 0) is 42.8 Å². The molecule has 3 aromatic rings. The van der Waals surface area contributed by atoms with Crippen LogP contribution in [0.5, 0.6) is 5.75 Å². The number of rotatable bonds is 10. The summed E-state index contributed by atoms with van der Waals surface area (Å²) in [7, 11) is 1.64. The van der Waals surface area contributed by atoms with Crippen LogP contribution in [0, 0.1) is 11.7 Å². The Bertz CT molecular complexity index is 1120. The maximum absolute atomic E-state index is 14.5. The summed E-state index contributed by atoms with van der Waals surface area (Å²) in [6.45, 7) is 2.20. The first-order valence-corrected chi connectivity index (χ1v) is 10.5. The van der Waals surface area contributed by atoms with Gasteiger partial charge in [0.2, 0.25) is 0 Å². The predicted molar refractivity (Wildman–Crippen MR) is 122 cm³/mol. The molecule has 0 bridgehead atoms. The number of para-hydroxylation sites is 1. The third-order valence-electron chi connectivity index (χ3n) is 5.14. The number of carbonyl (C=O) groups excluding carboxylic acids is 1. The minimum atomic E-state index is -0.839. The van der Waals surface area contributed by atoms with Crippen molar-refractivity contribution in [3.8, 4) is 17.1 Å². The standard InChI is InChI=1S/C26H26FNO5/c1-18(26(30)31)8-5-6-14-32-23-10-4-3-9-20(23)17-28(2)25(29)19-12-13-21(22(27)16-19)24-11-7-15-33-24/h3-7,9-13,15-16,18H,8,14,17H2,1-2H3,(H,30,31). The Kier molecular flexibility index (Phi) is 8.02. The number of halogens is 1. The average Bonchev–Trinajstić information content (AvgIpc) is 3.33. The van der Waals surface area contributed by atoms with Crippen molar-refractivity contribution >= 4 is 11.9 Å². The Morgan fingerprint density at radius 3 is 2.64 bits per heavy atom. The molecule has 1 atom stereocenters. The predicted octanol–water partition coefficient (Wildman–Crippen LogP) is 5.40. The quantitative estimate of drug-likeness (QED) is 0.417. The van der Waals surface area contributed by atoms with Crippen LogP contribution in [0.3, 0.4) is 0 Å². The lowest BCUT2D eigenvalue weighted by atomic mass is 10.1. The van der Waals surface area contributed by atoms with Crippen LogP contribution in [0.2, 0.25) is 0 Å². The third kappa shape index (κ3) is 6.32. The third-order valence-corrected chi connectivity index (χ3v) is 5.14. The average molecular weight is 451 g/mol. The minimum absolute atomic E-state index is 0.235. The Hall–Kier alpha value is -3.87. The minimum Gasteiger partial charge on any atom is -0.489 e. The molecule has 0 radical (unpaired) electrons.